The monoisotopic (exact) mass is 192 g/mol. The van der Waals surface area contributed by atoms with Gasteiger partial charge in [0.15, 0.2) is 7.62 Å². The molecule has 1 atom stereocenters. The number of hydrogen-bond donors (Lipinski definition) is 0. The number of halogens is 3. The Labute approximate surface area is 60.3 Å². The Morgan fingerprint density at radius 2 is 1.57 bits per heavy atom. The maximum atomic E-state index is 5.70. The fourth-order valence-corrected chi connectivity index (χ4v) is 0. The van der Waals surface area contributed by atoms with Crippen LogP contribution in [0.2, 0.25) is 13.1 Å². The fourth-order valence-electron chi connectivity index (χ4n) is 0. The van der Waals surface area contributed by atoms with Crippen LogP contribution in [0.4, 0.5) is 0 Å². The van der Waals surface area contributed by atoms with Crippen molar-refractivity contribution < 1.29 is 0 Å². The van der Waals surface area contributed by atoms with Crippen LogP contribution >= 0.6 is 33.2 Å². The summed E-state index contributed by atoms with van der Waals surface area (Å²) >= 11 is 17.1. The molecule has 0 aromatic heterocycles. The van der Waals surface area contributed by atoms with Gasteiger partial charge >= 0.3 is 0 Å². The highest BCUT2D eigenvalue weighted by Gasteiger charge is 2.28. The molecule has 1 unspecified atom stereocenters. The van der Waals surface area contributed by atoms with Gasteiger partial charge in [-0.3, -0.25) is 0 Å². The first kappa shape index (κ1) is 8.30. The van der Waals surface area contributed by atoms with Crippen molar-refractivity contribution in [1.82, 2.24) is 0 Å². The summed E-state index contributed by atoms with van der Waals surface area (Å²) in [5, 5.41) is 0. The van der Waals surface area contributed by atoms with Crippen molar-refractivity contribution in [1.29, 1.82) is 0 Å². The van der Waals surface area contributed by atoms with Crippen LogP contribution in [0.5, 0.6) is 0 Å². The lowest BCUT2D eigenvalue weighted by molar-refractivity contribution is 2.22. The van der Waals surface area contributed by atoms with Crippen molar-refractivity contribution in [3.63, 3.8) is 0 Å². The summed E-state index contributed by atoms with van der Waals surface area (Å²) in [7, 11) is -1.22. The second-order valence-corrected chi connectivity index (χ2v) is 21.3. The zero-order valence-corrected chi connectivity index (χ0v) is 8.63. The molecule has 0 aliphatic heterocycles. The molecule has 0 amide bonds. The van der Waals surface area contributed by atoms with E-state index in [0.29, 0.717) is 0 Å². The van der Waals surface area contributed by atoms with Gasteiger partial charge in [-0.05, 0) is 6.55 Å². The van der Waals surface area contributed by atoms with Crippen LogP contribution < -0.4 is 0 Å². The molecule has 0 spiro atoms. The Bertz CT molecular complexity index is 56.4. The Hall–Kier alpha value is 1.30. The molecule has 0 aromatic rings. The highest BCUT2D eigenvalue weighted by molar-refractivity contribution is 7.77. The Balaban J connectivity index is 3.54. The van der Waals surface area contributed by atoms with Crippen LogP contribution in [0.1, 0.15) is 0 Å². The predicted molar refractivity (Wildman–Crippen MR) is 42.2 cm³/mol. The molecular weight excluding hydrogens is 187 g/mol. The van der Waals surface area contributed by atoms with Gasteiger partial charge in [0.2, 0.25) is 6.21 Å². The first-order valence-electron chi connectivity index (χ1n) is 1.96. The Morgan fingerprint density at radius 1 is 1.43 bits per heavy atom. The van der Waals surface area contributed by atoms with E-state index in [1.807, 2.05) is 13.1 Å². The van der Waals surface area contributed by atoms with Crippen LogP contribution in [-0.2, 0) is 0 Å². The SMILES string of the molecule is C[SiH](Cl)[Si](C)(Cl)Cl. The fraction of sp³-hybridized carbons (Fsp3) is 1.00. The van der Waals surface area contributed by atoms with Crippen molar-refractivity contribution in [2.75, 3.05) is 0 Å². The molecule has 0 fully saturated rings. The quantitative estimate of drug-likeness (QED) is 0.443. The van der Waals surface area contributed by atoms with Gasteiger partial charge in [-0.15, -0.1) is 22.2 Å². The Kier molecular flexibility index (Phi) is 3.24. The van der Waals surface area contributed by atoms with Crippen molar-refractivity contribution in [2.45, 2.75) is 13.1 Å². The Morgan fingerprint density at radius 3 is 1.57 bits per heavy atom. The van der Waals surface area contributed by atoms with Crippen molar-refractivity contribution in [2.24, 2.45) is 0 Å². The van der Waals surface area contributed by atoms with E-state index in [4.69, 9.17) is 33.2 Å². The molecular formula is C2H7Cl3Si2. The van der Waals surface area contributed by atoms with Crippen LogP contribution in [0.3, 0.4) is 0 Å². The van der Waals surface area contributed by atoms with Crippen LogP contribution in [-0.4, -0.2) is 13.8 Å². The summed E-state index contributed by atoms with van der Waals surface area (Å²) in [6, 6.07) is 0. The molecule has 0 saturated carbocycles. The topological polar surface area (TPSA) is 0 Å². The molecule has 0 bridgehead atoms. The highest BCUT2D eigenvalue weighted by atomic mass is 35.7. The molecule has 5 heteroatoms. The largest absolute Gasteiger partial charge is 0.249 e. The minimum atomic E-state index is -1.89. The summed E-state index contributed by atoms with van der Waals surface area (Å²) in [5.41, 5.74) is 0. The molecule has 0 rings (SSSR count). The van der Waals surface area contributed by atoms with Gasteiger partial charge in [-0.2, -0.15) is 11.1 Å². The minimum absolute atomic E-state index is 1.22. The lowest BCUT2D eigenvalue weighted by atomic mass is 11.9. The summed E-state index contributed by atoms with van der Waals surface area (Å²) in [4.78, 5) is 0. The lowest BCUT2D eigenvalue weighted by Gasteiger charge is -2.08. The average molecular weight is 194 g/mol. The molecule has 0 aliphatic rings. The maximum Gasteiger partial charge on any atom is 0.249 e. The maximum absolute atomic E-state index is 5.70. The second kappa shape index (κ2) is 2.73. The summed E-state index contributed by atoms with van der Waals surface area (Å²) in [6.45, 7) is 3.81. The zero-order valence-electron chi connectivity index (χ0n) is 4.21. The van der Waals surface area contributed by atoms with Gasteiger partial charge in [0.05, 0.1) is 0 Å². The zero-order chi connectivity index (χ0) is 6.08. The molecule has 44 valence electrons. The van der Waals surface area contributed by atoms with E-state index in [1.165, 1.54) is 0 Å². The average Bonchev–Trinajstić information content (AvgIpc) is 1.31. The van der Waals surface area contributed by atoms with E-state index >= 15 is 0 Å². The van der Waals surface area contributed by atoms with Gasteiger partial charge in [0, 0.05) is 0 Å². The normalized spacial score (nSPS) is 16.7. The summed E-state index contributed by atoms with van der Waals surface area (Å²) < 4.78 is 0. The molecule has 0 heterocycles. The van der Waals surface area contributed by atoms with E-state index < -0.39 is 13.8 Å². The molecule has 0 saturated heterocycles. The van der Waals surface area contributed by atoms with Gasteiger partial charge < -0.3 is 0 Å². The first-order valence-corrected chi connectivity index (χ1v) is 11.2. The van der Waals surface area contributed by atoms with E-state index in [-0.39, 0.29) is 0 Å². The van der Waals surface area contributed by atoms with Crippen molar-refractivity contribution in [3.8, 4) is 0 Å². The molecule has 0 aliphatic carbocycles. The van der Waals surface area contributed by atoms with Crippen LogP contribution in [0.15, 0.2) is 0 Å². The van der Waals surface area contributed by atoms with Gasteiger partial charge in [-0.1, -0.05) is 6.55 Å². The summed E-state index contributed by atoms with van der Waals surface area (Å²) in [5.74, 6) is 0. The predicted octanol–water partition coefficient (Wildman–Crippen LogP) is 2.21. The van der Waals surface area contributed by atoms with Gasteiger partial charge in [0.25, 0.3) is 0 Å². The third-order valence-corrected chi connectivity index (χ3v) is 18.1. The highest BCUT2D eigenvalue weighted by Crippen LogP contribution is 2.19. The molecule has 7 heavy (non-hydrogen) atoms. The molecule has 0 radical (unpaired) electrons. The third-order valence-electron chi connectivity index (χ3n) is 0.698. The van der Waals surface area contributed by atoms with E-state index in [0.717, 1.165) is 0 Å². The number of rotatable bonds is 1. The molecule has 0 nitrogen and oxygen atoms in total. The molecule has 0 N–H and O–H groups in total. The number of hydrogen-bond acceptors (Lipinski definition) is 0. The van der Waals surface area contributed by atoms with E-state index in [1.54, 1.807) is 0 Å². The summed E-state index contributed by atoms with van der Waals surface area (Å²) in [6.07, 6.45) is -1.89. The van der Waals surface area contributed by atoms with Crippen molar-refractivity contribution >= 4 is 47.1 Å². The molecule has 0 aromatic carbocycles. The van der Waals surface area contributed by atoms with E-state index in [2.05, 4.69) is 0 Å². The first-order chi connectivity index (χ1) is 2.94. The second-order valence-electron chi connectivity index (χ2n) is 1.57. The van der Waals surface area contributed by atoms with Crippen molar-refractivity contribution in [3.05, 3.63) is 0 Å². The smallest absolute Gasteiger partial charge is 0.172 e. The van der Waals surface area contributed by atoms with Crippen LogP contribution in [0.25, 0.3) is 0 Å². The van der Waals surface area contributed by atoms with Crippen LogP contribution in [0, 0.1) is 0 Å². The lowest BCUT2D eigenvalue weighted by Crippen LogP contribution is -2.29. The van der Waals surface area contributed by atoms with Gasteiger partial charge in [-0.25, -0.2) is 0 Å². The van der Waals surface area contributed by atoms with Gasteiger partial charge in [0.1, 0.15) is 0 Å². The standard InChI is InChI=1S/C2H7Cl3Si2/c1-6(3)7(2,4)5/h6H,1-2H3. The minimum Gasteiger partial charge on any atom is -0.172 e. The van der Waals surface area contributed by atoms with E-state index in [9.17, 15) is 0 Å². The third kappa shape index (κ3) is 3.85.